The Bertz CT molecular complexity index is 217. The Labute approximate surface area is 72.9 Å². The van der Waals surface area contributed by atoms with Crippen molar-refractivity contribution in [3.8, 4) is 12.3 Å². The minimum atomic E-state index is -0.210. The normalized spacial score (nSPS) is 25.1. The first-order valence-electron chi connectivity index (χ1n) is 4.16. The highest BCUT2D eigenvalue weighted by atomic mass is 16.2. The van der Waals surface area contributed by atoms with Crippen molar-refractivity contribution in [1.82, 2.24) is 4.90 Å². The van der Waals surface area contributed by atoms with Gasteiger partial charge in [0.15, 0.2) is 0 Å². The summed E-state index contributed by atoms with van der Waals surface area (Å²) in [6.45, 7) is 3.45. The van der Waals surface area contributed by atoms with Gasteiger partial charge in [-0.05, 0) is 25.2 Å². The van der Waals surface area contributed by atoms with Crippen LogP contribution in [0.25, 0.3) is 0 Å². The number of carbonyl (C=O) groups is 1. The molecule has 3 heteroatoms. The molecule has 2 N–H and O–H groups in total. The highest BCUT2D eigenvalue weighted by Crippen LogP contribution is 2.18. The number of likely N-dealkylation sites (tertiary alicyclic amines) is 1. The van der Waals surface area contributed by atoms with E-state index in [1.165, 1.54) is 0 Å². The zero-order valence-corrected chi connectivity index (χ0v) is 7.29. The van der Waals surface area contributed by atoms with E-state index in [0.717, 1.165) is 19.5 Å². The average molecular weight is 166 g/mol. The van der Waals surface area contributed by atoms with Crippen LogP contribution in [0, 0.1) is 18.3 Å². The number of rotatable bonds is 1. The molecular formula is C9H14N2O. The summed E-state index contributed by atoms with van der Waals surface area (Å²) in [6.07, 6.45) is 5.98. The summed E-state index contributed by atoms with van der Waals surface area (Å²) in [6, 6.07) is 0.153. The number of nitrogens with two attached hydrogens (primary N) is 1. The summed E-state index contributed by atoms with van der Waals surface area (Å²) in [5.41, 5.74) is 5.71. The van der Waals surface area contributed by atoms with E-state index in [4.69, 9.17) is 12.2 Å². The first kappa shape index (κ1) is 9.08. The van der Waals surface area contributed by atoms with Crippen LogP contribution in [0.3, 0.4) is 0 Å². The molecule has 0 saturated carbocycles. The molecule has 3 nitrogen and oxygen atoms in total. The number of nitrogens with zero attached hydrogens (tertiary/aromatic N) is 1. The third-order valence-corrected chi connectivity index (χ3v) is 2.38. The molecule has 0 aromatic rings. The van der Waals surface area contributed by atoms with Gasteiger partial charge in [-0.2, -0.15) is 0 Å². The summed E-state index contributed by atoms with van der Waals surface area (Å²) in [5.74, 6) is 2.32. The lowest BCUT2D eigenvalue weighted by Gasteiger charge is -2.15. The van der Waals surface area contributed by atoms with Crippen LogP contribution in [0.1, 0.15) is 13.3 Å². The van der Waals surface area contributed by atoms with Gasteiger partial charge in [-0.1, -0.05) is 0 Å². The molecule has 0 aliphatic carbocycles. The largest absolute Gasteiger partial charge is 0.332 e. The lowest BCUT2D eigenvalue weighted by Crippen LogP contribution is -2.32. The van der Waals surface area contributed by atoms with Crippen LogP contribution in [-0.4, -0.2) is 29.9 Å². The molecule has 1 amide bonds. The molecule has 1 heterocycles. The highest BCUT2D eigenvalue weighted by Gasteiger charge is 2.27. The second-order valence-corrected chi connectivity index (χ2v) is 3.30. The van der Waals surface area contributed by atoms with Crippen LogP contribution in [-0.2, 0) is 4.79 Å². The molecule has 1 aliphatic rings. The molecule has 0 radical (unpaired) electrons. The maximum atomic E-state index is 11.0. The minimum Gasteiger partial charge on any atom is -0.332 e. The van der Waals surface area contributed by atoms with Crippen molar-refractivity contribution in [2.45, 2.75) is 19.4 Å². The highest BCUT2D eigenvalue weighted by molar-refractivity contribution is 5.93. The van der Waals surface area contributed by atoms with Gasteiger partial charge in [0, 0.05) is 19.1 Å². The van der Waals surface area contributed by atoms with Gasteiger partial charge in [-0.15, -0.1) is 6.42 Å². The third-order valence-electron chi connectivity index (χ3n) is 2.38. The fourth-order valence-electron chi connectivity index (χ4n) is 1.49. The predicted molar refractivity (Wildman–Crippen MR) is 47.2 cm³/mol. The van der Waals surface area contributed by atoms with Gasteiger partial charge in [0.2, 0.25) is 0 Å². The molecule has 2 atom stereocenters. The minimum absolute atomic E-state index is 0.153. The van der Waals surface area contributed by atoms with Crippen LogP contribution >= 0.6 is 0 Å². The standard InChI is InChI=1S/C9H14N2O/c1-3-9(12)11-5-4-8(6-11)7(2)10/h1,7-8H,4-6,10H2,2H3. The fourth-order valence-corrected chi connectivity index (χ4v) is 1.49. The van der Waals surface area contributed by atoms with Crippen molar-refractivity contribution >= 4 is 5.91 Å². The van der Waals surface area contributed by atoms with Crippen molar-refractivity contribution in [1.29, 1.82) is 0 Å². The molecule has 2 unspecified atom stereocenters. The van der Waals surface area contributed by atoms with E-state index < -0.39 is 0 Å². The third kappa shape index (κ3) is 1.77. The van der Waals surface area contributed by atoms with Crippen molar-refractivity contribution in [2.24, 2.45) is 11.7 Å². The van der Waals surface area contributed by atoms with Crippen molar-refractivity contribution < 1.29 is 4.79 Å². The smallest absolute Gasteiger partial charge is 0.298 e. The molecule has 1 fully saturated rings. The molecule has 1 saturated heterocycles. The summed E-state index contributed by atoms with van der Waals surface area (Å²) in [5, 5.41) is 0. The first-order chi connectivity index (χ1) is 5.65. The second-order valence-electron chi connectivity index (χ2n) is 3.30. The van der Waals surface area contributed by atoms with Gasteiger partial charge in [-0.3, -0.25) is 4.79 Å². The molecule has 0 bridgehead atoms. The summed E-state index contributed by atoms with van der Waals surface area (Å²) < 4.78 is 0. The van der Waals surface area contributed by atoms with E-state index in [1.54, 1.807) is 4.90 Å². The van der Waals surface area contributed by atoms with E-state index in [-0.39, 0.29) is 11.9 Å². The maximum absolute atomic E-state index is 11.0. The van der Waals surface area contributed by atoms with Crippen molar-refractivity contribution in [3.63, 3.8) is 0 Å². The van der Waals surface area contributed by atoms with E-state index in [9.17, 15) is 4.79 Å². The lowest BCUT2D eigenvalue weighted by atomic mass is 10.0. The Kier molecular flexibility index (Phi) is 2.72. The van der Waals surface area contributed by atoms with Gasteiger partial charge in [0.25, 0.3) is 5.91 Å². The number of hydrogen-bond acceptors (Lipinski definition) is 2. The molecule has 0 aromatic heterocycles. The Morgan fingerprint density at radius 1 is 1.83 bits per heavy atom. The topological polar surface area (TPSA) is 46.3 Å². The Morgan fingerprint density at radius 3 is 2.92 bits per heavy atom. The van der Waals surface area contributed by atoms with Crippen molar-refractivity contribution in [2.75, 3.05) is 13.1 Å². The molecular weight excluding hydrogens is 152 g/mol. The predicted octanol–water partition coefficient (Wildman–Crippen LogP) is -0.185. The van der Waals surface area contributed by atoms with E-state index in [2.05, 4.69) is 5.92 Å². The van der Waals surface area contributed by atoms with Gasteiger partial charge in [0.1, 0.15) is 0 Å². The quantitative estimate of drug-likeness (QED) is 0.549. The average Bonchev–Trinajstić information content (AvgIpc) is 2.51. The molecule has 66 valence electrons. The van der Waals surface area contributed by atoms with Crippen LogP contribution in [0.5, 0.6) is 0 Å². The Morgan fingerprint density at radius 2 is 2.50 bits per heavy atom. The van der Waals surface area contributed by atoms with E-state index >= 15 is 0 Å². The molecule has 1 aliphatic heterocycles. The van der Waals surface area contributed by atoms with Gasteiger partial charge < -0.3 is 10.6 Å². The zero-order chi connectivity index (χ0) is 9.14. The van der Waals surface area contributed by atoms with Crippen LogP contribution in [0.4, 0.5) is 0 Å². The summed E-state index contributed by atoms with van der Waals surface area (Å²) >= 11 is 0. The Balaban J connectivity index is 2.47. The summed E-state index contributed by atoms with van der Waals surface area (Å²) in [7, 11) is 0. The zero-order valence-electron chi connectivity index (χ0n) is 7.29. The SMILES string of the molecule is C#CC(=O)N1CCC(C(C)N)C1. The second kappa shape index (κ2) is 3.59. The van der Waals surface area contributed by atoms with Crippen LogP contribution in [0.2, 0.25) is 0 Å². The molecule has 1 rings (SSSR count). The number of carbonyl (C=O) groups excluding carboxylic acids is 1. The maximum Gasteiger partial charge on any atom is 0.298 e. The molecule has 0 spiro atoms. The van der Waals surface area contributed by atoms with Gasteiger partial charge >= 0.3 is 0 Å². The van der Waals surface area contributed by atoms with Gasteiger partial charge in [-0.25, -0.2) is 0 Å². The van der Waals surface area contributed by atoms with E-state index in [0.29, 0.717) is 5.92 Å². The molecule has 0 aromatic carbocycles. The monoisotopic (exact) mass is 166 g/mol. The Hall–Kier alpha value is -1.01. The van der Waals surface area contributed by atoms with Gasteiger partial charge in [0.05, 0.1) is 0 Å². The van der Waals surface area contributed by atoms with Crippen LogP contribution < -0.4 is 5.73 Å². The number of terminal acetylenes is 1. The van der Waals surface area contributed by atoms with Crippen LogP contribution in [0.15, 0.2) is 0 Å². The molecule has 12 heavy (non-hydrogen) atoms. The van der Waals surface area contributed by atoms with Crippen molar-refractivity contribution in [3.05, 3.63) is 0 Å². The number of amides is 1. The lowest BCUT2D eigenvalue weighted by molar-refractivity contribution is -0.124. The first-order valence-corrected chi connectivity index (χ1v) is 4.16. The van der Waals surface area contributed by atoms with E-state index in [1.807, 2.05) is 6.92 Å². The number of hydrogen-bond donors (Lipinski definition) is 1. The fraction of sp³-hybridized carbons (Fsp3) is 0.667. The summed E-state index contributed by atoms with van der Waals surface area (Å²) in [4.78, 5) is 12.7.